The number of halogens is 1. The maximum Gasteiger partial charge on any atom is 0.272 e. The molecule has 2 aromatic rings. The van der Waals surface area contributed by atoms with Gasteiger partial charge in [-0.2, -0.15) is 0 Å². The summed E-state index contributed by atoms with van der Waals surface area (Å²) in [7, 11) is 3.37. The van der Waals surface area contributed by atoms with Crippen LogP contribution in [0.25, 0.3) is 0 Å². The van der Waals surface area contributed by atoms with E-state index < -0.39 is 0 Å². The standard InChI is InChI=1S/C18H22ClN3O2/c1-4-5-10-22(2)18(23)16-12-14(8-9-20-16)21-13-6-7-17(24-3)15(19)11-13/h6-9,11-12H,4-5,10H2,1-3H3,(H,20,21). The van der Waals surface area contributed by atoms with E-state index in [4.69, 9.17) is 16.3 Å². The number of pyridine rings is 1. The van der Waals surface area contributed by atoms with Crippen molar-refractivity contribution in [3.05, 3.63) is 47.2 Å². The van der Waals surface area contributed by atoms with Crippen molar-refractivity contribution in [2.24, 2.45) is 0 Å². The lowest BCUT2D eigenvalue weighted by molar-refractivity contribution is 0.0787. The summed E-state index contributed by atoms with van der Waals surface area (Å²) in [5.41, 5.74) is 2.00. The second-order valence-corrected chi connectivity index (χ2v) is 5.89. The molecule has 128 valence electrons. The van der Waals surface area contributed by atoms with Gasteiger partial charge in [0.05, 0.1) is 12.1 Å². The zero-order valence-electron chi connectivity index (χ0n) is 14.2. The summed E-state index contributed by atoms with van der Waals surface area (Å²) < 4.78 is 5.14. The van der Waals surface area contributed by atoms with E-state index in [-0.39, 0.29) is 5.91 Å². The molecule has 0 atom stereocenters. The highest BCUT2D eigenvalue weighted by atomic mass is 35.5. The molecule has 0 aliphatic carbocycles. The first-order valence-corrected chi connectivity index (χ1v) is 8.25. The molecule has 0 saturated heterocycles. The number of unbranched alkanes of at least 4 members (excludes halogenated alkanes) is 1. The second kappa shape index (κ2) is 8.55. The van der Waals surface area contributed by atoms with Gasteiger partial charge in [0, 0.05) is 31.2 Å². The summed E-state index contributed by atoms with van der Waals surface area (Å²) in [5.74, 6) is 0.533. The summed E-state index contributed by atoms with van der Waals surface area (Å²) in [5, 5.41) is 3.74. The summed E-state index contributed by atoms with van der Waals surface area (Å²) >= 11 is 6.13. The summed E-state index contributed by atoms with van der Waals surface area (Å²) in [4.78, 5) is 18.3. The highest BCUT2D eigenvalue weighted by Crippen LogP contribution is 2.28. The van der Waals surface area contributed by atoms with E-state index in [1.165, 1.54) is 0 Å². The number of rotatable bonds is 7. The number of aromatic nitrogens is 1. The molecule has 0 aliphatic rings. The molecule has 2 rings (SSSR count). The second-order valence-electron chi connectivity index (χ2n) is 5.48. The number of nitrogens with one attached hydrogen (secondary N) is 1. The summed E-state index contributed by atoms with van der Waals surface area (Å²) in [6.07, 6.45) is 3.64. The number of benzene rings is 1. The number of amides is 1. The van der Waals surface area contributed by atoms with Crippen molar-refractivity contribution < 1.29 is 9.53 Å². The van der Waals surface area contributed by atoms with Gasteiger partial charge in [0.2, 0.25) is 0 Å². The molecular weight excluding hydrogens is 326 g/mol. The van der Waals surface area contributed by atoms with Crippen LogP contribution in [0.1, 0.15) is 30.3 Å². The molecule has 0 spiro atoms. The Morgan fingerprint density at radius 1 is 1.29 bits per heavy atom. The molecule has 0 fully saturated rings. The number of anilines is 2. The quantitative estimate of drug-likeness (QED) is 0.808. The highest BCUT2D eigenvalue weighted by molar-refractivity contribution is 6.32. The molecule has 1 N–H and O–H groups in total. The van der Waals surface area contributed by atoms with Crippen LogP contribution in [0.4, 0.5) is 11.4 Å². The van der Waals surface area contributed by atoms with Crippen LogP contribution in [-0.2, 0) is 0 Å². The van der Waals surface area contributed by atoms with Crippen molar-refractivity contribution in [1.82, 2.24) is 9.88 Å². The third-order valence-electron chi connectivity index (χ3n) is 3.61. The summed E-state index contributed by atoms with van der Waals surface area (Å²) in [6, 6.07) is 8.97. The minimum absolute atomic E-state index is 0.0835. The Kier molecular flexibility index (Phi) is 6.44. The topological polar surface area (TPSA) is 54.5 Å². The molecule has 5 nitrogen and oxygen atoms in total. The lowest BCUT2D eigenvalue weighted by Crippen LogP contribution is -2.28. The largest absolute Gasteiger partial charge is 0.495 e. The van der Waals surface area contributed by atoms with Gasteiger partial charge in [-0.3, -0.25) is 9.78 Å². The van der Waals surface area contributed by atoms with Crippen molar-refractivity contribution in [1.29, 1.82) is 0 Å². The lowest BCUT2D eigenvalue weighted by Gasteiger charge is -2.16. The molecule has 0 bridgehead atoms. The van der Waals surface area contributed by atoms with Crippen molar-refractivity contribution in [2.45, 2.75) is 19.8 Å². The van der Waals surface area contributed by atoms with E-state index >= 15 is 0 Å². The number of hydrogen-bond acceptors (Lipinski definition) is 4. The van der Waals surface area contributed by atoms with Crippen molar-refractivity contribution in [3.63, 3.8) is 0 Å². The zero-order valence-corrected chi connectivity index (χ0v) is 14.9. The van der Waals surface area contributed by atoms with E-state index in [0.717, 1.165) is 30.8 Å². The van der Waals surface area contributed by atoms with Crippen LogP contribution in [0.5, 0.6) is 5.75 Å². The van der Waals surface area contributed by atoms with Crippen molar-refractivity contribution >= 4 is 28.9 Å². The highest BCUT2D eigenvalue weighted by Gasteiger charge is 2.13. The monoisotopic (exact) mass is 347 g/mol. The molecule has 0 saturated carbocycles. The molecule has 1 heterocycles. The van der Waals surface area contributed by atoms with Gasteiger partial charge in [-0.15, -0.1) is 0 Å². The Morgan fingerprint density at radius 2 is 2.04 bits per heavy atom. The molecule has 6 heteroatoms. The number of hydrogen-bond donors (Lipinski definition) is 1. The van der Waals surface area contributed by atoms with Gasteiger partial charge in [0.25, 0.3) is 5.91 Å². The van der Waals surface area contributed by atoms with Crippen LogP contribution in [-0.4, -0.2) is 36.5 Å². The predicted octanol–water partition coefficient (Wildman–Crippen LogP) is 4.36. The maximum absolute atomic E-state index is 12.4. The van der Waals surface area contributed by atoms with Gasteiger partial charge in [0.15, 0.2) is 0 Å². The Labute approximate surface area is 147 Å². The van der Waals surface area contributed by atoms with Gasteiger partial charge in [-0.25, -0.2) is 0 Å². The number of nitrogens with zero attached hydrogens (tertiary/aromatic N) is 2. The fourth-order valence-electron chi connectivity index (χ4n) is 2.23. The normalized spacial score (nSPS) is 10.3. The predicted molar refractivity (Wildman–Crippen MR) is 97.4 cm³/mol. The van der Waals surface area contributed by atoms with Crippen LogP contribution < -0.4 is 10.1 Å². The van der Waals surface area contributed by atoms with Gasteiger partial charge < -0.3 is 15.0 Å². The number of carbonyl (C=O) groups is 1. The van der Waals surface area contributed by atoms with E-state index in [1.54, 1.807) is 49.5 Å². The first kappa shape index (κ1) is 18.1. The average Bonchev–Trinajstić information content (AvgIpc) is 2.59. The van der Waals surface area contributed by atoms with Crippen LogP contribution in [0.15, 0.2) is 36.5 Å². The maximum atomic E-state index is 12.4. The number of carbonyl (C=O) groups excluding carboxylic acids is 1. The Bertz CT molecular complexity index is 706. The van der Waals surface area contributed by atoms with Crippen LogP contribution in [0.2, 0.25) is 5.02 Å². The third-order valence-corrected chi connectivity index (χ3v) is 3.91. The molecule has 0 radical (unpaired) electrons. The Hall–Kier alpha value is -2.27. The van der Waals surface area contributed by atoms with Crippen molar-refractivity contribution in [2.75, 3.05) is 26.0 Å². The number of methoxy groups -OCH3 is 1. The lowest BCUT2D eigenvalue weighted by atomic mass is 10.2. The van der Waals surface area contributed by atoms with E-state index in [1.807, 2.05) is 6.07 Å². The fourth-order valence-corrected chi connectivity index (χ4v) is 2.49. The van der Waals surface area contributed by atoms with Gasteiger partial charge >= 0.3 is 0 Å². The van der Waals surface area contributed by atoms with Crippen LogP contribution in [0, 0.1) is 0 Å². The van der Waals surface area contributed by atoms with Gasteiger partial charge in [-0.05, 0) is 36.8 Å². The smallest absolute Gasteiger partial charge is 0.272 e. The Morgan fingerprint density at radius 3 is 2.71 bits per heavy atom. The first-order chi connectivity index (χ1) is 11.5. The molecule has 1 aromatic heterocycles. The van der Waals surface area contributed by atoms with E-state index in [2.05, 4.69) is 17.2 Å². The summed E-state index contributed by atoms with van der Waals surface area (Å²) in [6.45, 7) is 2.82. The van der Waals surface area contributed by atoms with E-state index in [0.29, 0.717) is 16.5 Å². The molecule has 0 unspecified atom stereocenters. The van der Waals surface area contributed by atoms with Crippen LogP contribution in [0.3, 0.4) is 0 Å². The molecule has 1 aromatic carbocycles. The minimum atomic E-state index is -0.0835. The van der Waals surface area contributed by atoms with E-state index in [9.17, 15) is 4.79 Å². The molecule has 0 aliphatic heterocycles. The average molecular weight is 348 g/mol. The molecule has 24 heavy (non-hydrogen) atoms. The van der Waals surface area contributed by atoms with Crippen molar-refractivity contribution in [3.8, 4) is 5.75 Å². The minimum Gasteiger partial charge on any atom is -0.495 e. The Balaban J connectivity index is 2.12. The van der Waals surface area contributed by atoms with Crippen LogP contribution >= 0.6 is 11.6 Å². The molecular formula is C18H22ClN3O2. The SMILES string of the molecule is CCCCN(C)C(=O)c1cc(Nc2ccc(OC)c(Cl)c2)ccn1. The number of ether oxygens (including phenoxy) is 1. The third kappa shape index (κ3) is 4.61. The van der Waals surface area contributed by atoms with Gasteiger partial charge in [-0.1, -0.05) is 24.9 Å². The first-order valence-electron chi connectivity index (χ1n) is 7.87. The van der Waals surface area contributed by atoms with Gasteiger partial charge in [0.1, 0.15) is 11.4 Å². The zero-order chi connectivity index (χ0) is 17.5. The molecule has 1 amide bonds. The fraction of sp³-hybridized carbons (Fsp3) is 0.333.